The van der Waals surface area contributed by atoms with Gasteiger partial charge in [-0.1, -0.05) is 0 Å². The summed E-state index contributed by atoms with van der Waals surface area (Å²) >= 11 is 0. The van der Waals surface area contributed by atoms with Gasteiger partial charge in [0, 0.05) is 5.71 Å². The number of fused-ring (bicyclic) bond motifs is 2. The maximum absolute atomic E-state index is 11.7. The highest BCUT2D eigenvalue weighted by Crippen LogP contribution is 2.42. The summed E-state index contributed by atoms with van der Waals surface area (Å²) in [5.41, 5.74) is 3.76. The van der Waals surface area contributed by atoms with Crippen molar-refractivity contribution in [1.29, 1.82) is 0 Å². The van der Waals surface area contributed by atoms with Gasteiger partial charge in [0.05, 0.1) is 0 Å². The summed E-state index contributed by atoms with van der Waals surface area (Å²) in [5, 5.41) is 4.25. The highest BCUT2D eigenvalue weighted by atomic mass is 16.3. The van der Waals surface area contributed by atoms with Gasteiger partial charge in [-0.3, -0.25) is 4.79 Å². The van der Waals surface area contributed by atoms with Crippen LogP contribution in [0.25, 0.3) is 0 Å². The number of carbonyl (C=O) groups excluding carboxylic acids is 1. The van der Waals surface area contributed by atoms with Crippen LogP contribution in [0, 0.1) is 18.8 Å². The number of furan rings is 1. The van der Waals surface area contributed by atoms with Gasteiger partial charge in [-0.2, -0.15) is 5.10 Å². The molecule has 2 atom stereocenters. The van der Waals surface area contributed by atoms with Crippen molar-refractivity contribution in [2.45, 2.75) is 32.6 Å². The minimum atomic E-state index is -0.256. The quantitative estimate of drug-likeness (QED) is 0.796. The Labute approximate surface area is 100 Å². The molecule has 0 aromatic carbocycles. The molecule has 0 saturated heterocycles. The zero-order chi connectivity index (χ0) is 11.8. The number of nitrogens with one attached hydrogen (secondary N) is 1. The first kappa shape index (κ1) is 10.6. The summed E-state index contributed by atoms with van der Waals surface area (Å²) in [4.78, 5) is 11.7. The van der Waals surface area contributed by atoms with E-state index in [0.29, 0.717) is 11.7 Å². The van der Waals surface area contributed by atoms with E-state index in [1.54, 1.807) is 12.1 Å². The van der Waals surface area contributed by atoms with Crippen LogP contribution >= 0.6 is 0 Å². The second kappa shape index (κ2) is 4.02. The van der Waals surface area contributed by atoms with Crippen LogP contribution < -0.4 is 5.43 Å². The maximum Gasteiger partial charge on any atom is 0.307 e. The Morgan fingerprint density at radius 1 is 1.47 bits per heavy atom. The standard InChI is InChI=1S/C13H16N2O2/c1-8-2-5-12(17-8)13(16)15-14-11-7-9-3-4-10(11)6-9/h2,5,9-10H,3-4,6-7H2,1H3,(H,15,16)/b14-11-. The third kappa shape index (κ3) is 1.99. The van der Waals surface area contributed by atoms with E-state index in [-0.39, 0.29) is 5.91 Å². The van der Waals surface area contributed by atoms with Gasteiger partial charge in [-0.25, -0.2) is 5.43 Å². The van der Waals surface area contributed by atoms with Crippen molar-refractivity contribution in [2.75, 3.05) is 0 Å². The average Bonchev–Trinajstić information content (AvgIpc) is 3.01. The Bertz CT molecular complexity index is 476. The summed E-state index contributed by atoms with van der Waals surface area (Å²) < 4.78 is 5.24. The molecule has 1 heterocycles. The second-order valence-corrected chi connectivity index (χ2v) is 5.03. The molecule has 1 amide bonds. The number of nitrogens with zero attached hydrogens (tertiary/aromatic N) is 1. The molecule has 4 nitrogen and oxygen atoms in total. The van der Waals surface area contributed by atoms with Gasteiger partial charge < -0.3 is 4.42 Å². The predicted octanol–water partition coefficient (Wildman–Crippen LogP) is 2.49. The van der Waals surface area contributed by atoms with Crippen molar-refractivity contribution < 1.29 is 9.21 Å². The van der Waals surface area contributed by atoms with E-state index in [2.05, 4.69) is 10.5 Å². The van der Waals surface area contributed by atoms with E-state index in [4.69, 9.17) is 4.42 Å². The van der Waals surface area contributed by atoms with Crippen LogP contribution in [-0.2, 0) is 0 Å². The molecule has 17 heavy (non-hydrogen) atoms. The van der Waals surface area contributed by atoms with Crippen molar-refractivity contribution in [1.82, 2.24) is 5.43 Å². The van der Waals surface area contributed by atoms with E-state index in [0.717, 1.165) is 23.8 Å². The SMILES string of the molecule is Cc1ccc(C(=O)N/N=C2/CC3CCC2C3)o1. The lowest BCUT2D eigenvalue weighted by molar-refractivity contribution is 0.0925. The summed E-state index contributed by atoms with van der Waals surface area (Å²) in [7, 11) is 0. The van der Waals surface area contributed by atoms with Crippen LogP contribution in [0.15, 0.2) is 21.7 Å². The molecular formula is C13H16N2O2. The Morgan fingerprint density at radius 2 is 2.35 bits per heavy atom. The van der Waals surface area contributed by atoms with E-state index >= 15 is 0 Å². The number of hydrogen-bond donors (Lipinski definition) is 1. The Morgan fingerprint density at radius 3 is 2.94 bits per heavy atom. The lowest BCUT2D eigenvalue weighted by Crippen LogP contribution is -2.21. The molecule has 1 aromatic heterocycles. The van der Waals surface area contributed by atoms with E-state index in [9.17, 15) is 4.79 Å². The Kier molecular flexibility index (Phi) is 2.50. The fourth-order valence-corrected chi connectivity index (χ4v) is 2.90. The fourth-order valence-electron chi connectivity index (χ4n) is 2.90. The van der Waals surface area contributed by atoms with Gasteiger partial charge in [-0.15, -0.1) is 0 Å². The minimum Gasteiger partial charge on any atom is -0.456 e. The number of hydrazone groups is 1. The Hall–Kier alpha value is -1.58. The lowest BCUT2D eigenvalue weighted by atomic mass is 9.99. The summed E-state index contributed by atoms with van der Waals surface area (Å²) in [6.07, 6.45) is 4.88. The number of rotatable bonds is 2. The molecule has 2 aliphatic rings. The third-order valence-electron chi connectivity index (χ3n) is 3.78. The van der Waals surface area contributed by atoms with E-state index in [1.807, 2.05) is 6.92 Å². The van der Waals surface area contributed by atoms with Gasteiger partial charge >= 0.3 is 5.91 Å². The molecule has 0 aliphatic heterocycles. The van der Waals surface area contributed by atoms with Gasteiger partial charge in [-0.05, 0) is 56.6 Å². The average molecular weight is 232 g/mol. The number of carbonyl (C=O) groups is 1. The largest absolute Gasteiger partial charge is 0.456 e. The molecule has 90 valence electrons. The van der Waals surface area contributed by atoms with Crippen LogP contribution in [-0.4, -0.2) is 11.6 Å². The molecule has 0 spiro atoms. The molecule has 1 aromatic rings. The topological polar surface area (TPSA) is 54.6 Å². The van der Waals surface area contributed by atoms with Crippen molar-refractivity contribution in [3.8, 4) is 0 Å². The normalized spacial score (nSPS) is 28.9. The monoisotopic (exact) mass is 232 g/mol. The molecular weight excluding hydrogens is 216 g/mol. The molecule has 1 N–H and O–H groups in total. The minimum absolute atomic E-state index is 0.256. The molecule has 4 heteroatoms. The van der Waals surface area contributed by atoms with Gasteiger partial charge in [0.2, 0.25) is 0 Å². The summed E-state index contributed by atoms with van der Waals surface area (Å²) in [5.74, 6) is 2.23. The molecule has 3 rings (SSSR count). The van der Waals surface area contributed by atoms with Crippen molar-refractivity contribution in [3.63, 3.8) is 0 Å². The fraction of sp³-hybridized carbons (Fsp3) is 0.538. The van der Waals surface area contributed by atoms with Crippen LogP contribution in [0.4, 0.5) is 0 Å². The first-order valence-electron chi connectivity index (χ1n) is 6.15. The van der Waals surface area contributed by atoms with Crippen LogP contribution in [0.2, 0.25) is 0 Å². The molecule has 2 unspecified atom stereocenters. The predicted molar refractivity (Wildman–Crippen MR) is 63.8 cm³/mol. The van der Waals surface area contributed by atoms with Crippen molar-refractivity contribution >= 4 is 11.6 Å². The number of hydrogen-bond acceptors (Lipinski definition) is 3. The van der Waals surface area contributed by atoms with Crippen molar-refractivity contribution in [3.05, 3.63) is 23.7 Å². The molecule has 2 saturated carbocycles. The van der Waals surface area contributed by atoms with Gasteiger partial charge in [0.1, 0.15) is 5.76 Å². The lowest BCUT2D eigenvalue weighted by Gasteiger charge is -2.11. The first-order chi connectivity index (χ1) is 8.22. The van der Waals surface area contributed by atoms with E-state index in [1.165, 1.54) is 19.3 Å². The zero-order valence-corrected chi connectivity index (χ0v) is 9.90. The zero-order valence-electron chi connectivity index (χ0n) is 9.90. The molecule has 2 aliphatic carbocycles. The highest BCUT2D eigenvalue weighted by molar-refractivity contribution is 5.94. The molecule has 2 fully saturated rings. The van der Waals surface area contributed by atoms with E-state index < -0.39 is 0 Å². The smallest absolute Gasteiger partial charge is 0.307 e. The second-order valence-electron chi connectivity index (χ2n) is 5.03. The van der Waals surface area contributed by atoms with Crippen molar-refractivity contribution in [2.24, 2.45) is 16.9 Å². The summed E-state index contributed by atoms with van der Waals surface area (Å²) in [6.45, 7) is 1.82. The number of amides is 1. The van der Waals surface area contributed by atoms with Gasteiger partial charge in [0.15, 0.2) is 5.76 Å². The third-order valence-corrected chi connectivity index (χ3v) is 3.78. The first-order valence-corrected chi connectivity index (χ1v) is 6.15. The summed E-state index contributed by atoms with van der Waals surface area (Å²) in [6, 6.07) is 3.45. The highest BCUT2D eigenvalue weighted by Gasteiger charge is 2.36. The van der Waals surface area contributed by atoms with Crippen LogP contribution in [0.1, 0.15) is 42.0 Å². The maximum atomic E-state index is 11.7. The van der Waals surface area contributed by atoms with Gasteiger partial charge in [0.25, 0.3) is 0 Å². The van der Waals surface area contributed by atoms with Crippen LogP contribution in [0.3, 0.4) is 0 Å². The number of aryl methyl sites for hydroxylation is 1. The molecule has 0 radical (unpaired) electrons. The van der Waals surface area contributed by atoms with Crippen LogP contribution in [0.5, 0.6) is 0 Å². The Balaban J connectivity index is 1.64. The molecule has 2 bridgehead atoms.